The van der Waals surface area contributed by atoms with E-state index >= 15 is 0 Å². The predicted octanol–water partition coefficient (Wildman–Crippen LogP) is 0.408. The van der Waals surface area contributed by atoms with E-state index in [1.54, 1.807) is 0 Å². The zero-order valence-corrected chi connectivity index (χ0v) is 10.5. The minimum Gasteiger partial charge on any atom is -0.322 e. The minimum atomic E-state index is -3.80. The molecule has 1 aliphatic heterocycles. The van der Waals surface area contributed by atoms with Crippen LogP contribution in [0.4, 0.5) is 4.79 Å². The number of piperazine rings is 1. The van der Waals surface area contributed by atoms with E-state index in [0.717, 1.165) is 0 Å². The number of nitrogens with one attached hydrogen (secondary N) is 2. The van der Waals surface area contributed by atoms with E-state index in [1.807, 2.05) is 18.9 Å². The quantitative estimate of drug-likeness (QED) is 0.403. The second-order valence-electron chi connectivity index (χ2n) is 3.83. The van der Waals surface area contributed by atoms with Crippen LogP contribution in [0, 0.1) is 0 Å². The Bertz CT molecular complexity index is 285. The highest BCUT2D eigenvalue weighted by molar-refractivity contribution is 8.45. The van der Waals surface area contributed by atoms with E-state index in [2.05, 4.69) is 17.6 Å². The molecule has 3 N–H and O–H groups in total. The third-order valence-corrected chi connectivity index (χ3v) is 2.87. The van der Waals surface area contributed by atoms with Gasteiger partial charge in [0.1, 0.15) is 0 Å². The van der Waals surface area contributed by atoms with Crippen LogP contribution in [-0.4, -0.2) is 41.0 Å². The Hall–Kier alpha value is -0.230. The minimum absolute atomic E-state index is 0.178. The monoisotopic (exact) mass is 253 g/mol. The molecule has 3 atom stereocenters. The lowest BCUT2D eigenvalue weighted by atomic mass is 10.1. The summed E-state index contributed by atoms with van der Waals surface area (Å²) in [5, 5.41) is 5.22. The first-order chi connectivity index (χ1) is 6.78. The molecule has 0 bridgehead atoms. The maximum Gasteiger partial charge on any atom is 0.349 e. The highest BCUT2D eigenvalue weighted by Gasteiger charge is 2.27. The summed E-state index contributed by atoms with van der Waals surface area (Å²) in [7, 11) is 0. The Labute approximate surface area is 94.1 Å². The molecule has 15 heavy (non-hydrogen) atoms. The smallest absolute Gasteiger partial charge is 0.322 e. The highest BCUT2D eigenvalue weighted by Crippen LogP contribution is 2.40. The van der Waals surface area contributed by atoms with Gasteiger partial charge in [-0.05, 0) is 13.8 Å². The van der Waals surface area contributed by atoms with Gasteiger partial charge in [0.15, 0.2) is 0 Å². The summed E-state index contributed by atoms with van der Waals surface area (Å²) in [5.74, 6) is 0. The van der Waals surface area contributed by atoms with Gasteiger partial charge in [0.2, 0.25) is 0 Å². The molecule has 2 amide bonds. The van der Waals surface area contributed by atoms with Crippen molar-refractivity contribution in [3.8, 4) is 0 Å². The van der Waals surface area contributed by atoms with Crippen LogP contribution in [-0.2, 0) is 4.57 Å². The molecule has 0 saturated carbocycles. The van der Waals surface area contributed by atoms with E-state index in [-0.39, 0.29) is 12.1 Å². The number of hydrogen-bond donors (Lipinski definition) is 4. The van der Waals surface area contributed by atoms with Crippen molar-refractivity contribution in [3.05, 3.63) is 0 Å². The molecule has 1 heterocycles. The first-order valence-corrected chi connectivity index (χ1v) is 7.48. The van der Waals surface area contributed by atoms with Crippen molar-refractivity contribution in [2.75, 3.05) is 13.1 Å². The summed E-state index contributed by atoms with van der Waals surface area (Å²) in [4.78, 5) is 21.9. The number of carbonyl (C=O) groups excluding carboxylic acids is 1. The fourth-order valence-electron chi connectivity index (χ4n) is 1.69. The lowest BCUT2D eigenvalue weighted by Gasteiger charge is -2.36. The molecule has 6 nitrogen and oxygen atoms in total. The number of hydrogen-bond acceptors (Lipinski definition) is 3. The lowest BCUT2D eigenvalue weighted by Crippen LogP contribution is -2.57. The molecule has 8 heteroatoms. The van der Waals surface area contributed by atoms with Gasteiger partial charge < -0.3 is 15.1 Å². The zero-order valence-electron chi connectivity index (χ0n) is 8.67. The van der Waals surface area contributed by atoms with E-state index in [0.29, 0.717) is 13.1 Å². The summed E-state index contributed by atoms with van der Waals surface area (Å²) in [6.07, 6.45) is 0. The SMILES string of the molecule is CC1CN(C(=O)NP(=O)(O)S)CC(C)N1. The number of thiol groups is 1. The molecule has 0 spiro atoms. The van der Waals surface area contributed by atoms with Gasteiger partial charge in [0.25, 0.3) is 0 Å². The van der Waals surface area contributed by atoms with Crippen molar-refractivity contribution >= 4 is 25.0 Å². The van der Waals surface area contributed by atoms with Crippen LogP contribution in [0.5, 0.6) is 0 Å². The Morgan fingerprint density at radius 3 is 2.40 bits per heavy atom. The molecule has 1 aliphatic rings. The van der Waals surface area contributed by atoms with Crippen LogP contribution in [0.1, 0.15) is 13.8 Å². The van der Waals surface area contributed by atoms with Crippen LogP contribution in [0.25, 0.3) is 0 Å². The van der Waals surface area contributed by atoms with Crippen LogP contribution >= 0.6 is 19.0 Å². The van der Waals surface area contributed by atoms with Gasteiger partial charge in [-0.3, -0.25) is 9.65 Å². The molecule has 3 unspecified atom stereocenters. The maximum atomic E-state index is 11.5. The van der Waals surface area contributed by atoms with Gasteiger partial charge in [-0.2, -0.15) is 0 Å². The summed E-state index contributed by atoms with van der Waals surface area (Å²) in [6, 6.07) is -0.189. The second-order valence-corrected chi connectivity index (χ2v) is 6.77. The number of amides is 2. The molecule has 0 aromatic heterocycles. The van der Waals surface area contributed by atoms with E-state index in [9.17, 15) is 9.36 Å². The van der Waals surface area contributed by atoms with Crippen molar-refractivity contribution in [2.24, 2.45) is 0 Å². The predicted molar refractivity (Wildman–Crippen MR) is 61.0 cm³/mol. The van der Waals surface area contributed by atoms with E-state index < -0.39 is 12.8 Å². The van der Waals surface area contributed by atoms with E-state index in [1.165, 1.54) is 4.90 Å². The Kier molecular flexibility index (Phi) is 4.06. The molecule has 1 saturated heterocycles. The van der Waals surface area contributed by atoms with Crippen LogP contribution < -0.4 is 10.4 Å². The zero-order chi connectivity index (χ0) is 11.6. The number of rotatable bonds is 1. The molecule has 1 fully saturated rings. The van der Waals surface area contributed by atoms with Crippen molar-refractivity contribution in [1.82, 2.24) is 15.3 Å². The highest BCUT2D eigenvalue weighted by atomic mass is 32.7. The summed E-state index contributed by atoms with van der Waals surface area (Å²) in [6.45, 7) is 1.15. The van der Waals surface area contributed by atoms with Gasteiger partial charge in [-0.1, -0.05) is 12.2 Å². The molecule has 0 aromatic carbocycles. The topological polar surface area (TPSA) is 81.7 Å². The summed E-state index contributed by atoms with van der Waals surface area (Å²) in [5.41, 5.74) is 0. The van der Waals surface area contributed by atoms with Crippen LogP contribution in [0.15, 0.2) is 0 Å². The molecule has 0 radical (unpaired) electrons. The first-order valence-electron chi connectivity index (χ1n) is 4.66. The largest absolute Gasteiger partial charge is 0.349 e. The van der Waals surface area contributed by atoms with Gasteiger partial charge in [0.05, 0.1) is 0 Å². The van der Waals surface area contributed by atoms with Crippen LogP contribution in [0.3, 0.4) is 0 Å². The van der Waals surface area contributed by atoms with E-state index in [4.69, 9.17) is 4.89 Å². The summed E-state index contributed by atoms with van der Waals surface area (Å²) >= 11 is 3.40. The average Bonchev–Trinajstić information content (AvgIpc) is 1.98. The molecular weight excluding hydrogens is 237 g/mol. The first kappa shape index (κ1) is 12.8. The molecule has 1 rings (SSSR count). The molecule has 0 aliphatic carbocycles. The summed E-state index contributed by atoms with van der Waals surface area (Å²) < 4.78 is 10.9. The van der Waals surface area contributed by atoms with Crippen molar-refractivity contribution in [1.29, 1.82) is 0 Å². The van der Waals surface area contributed by atoms with Gasteiger partial charge in [-0.25, -0.2) is 4.79 Å². The lowest BCUT2D eigenvalue weighted by molar-refractivity contribution is 0.169. The fourth-order valence-corrected chi connectivity index (χ4v) is 2.34. The van der Waals surface area contributed by atoms with Crippen molar-refractivity contribution in [2.45, 2.75) is 25.9 Å². The number of carbonyl (C=O) groups is 1. The standard InChI is InChI=1S/C7H16N3O3PS/c1-5-3-10(4-6(2)8-5)7(11)9-14(12,13)15/h5-6,8H,3-4H2,1-2H3,(H3,9,11,12,13,15). The fraction of sp³-hybridized carbons (Fsp3) is 0.857. The molecule has 0 aromatic rings. The van der Waals surface area contributed by atoms with Gasteiger partial charge in [0, 0.05) is 25.2 Å². The molecule has 88 valence electrons. The third kappa shape index (κ3) is 4.42. The Balaban J connectivity index is 2.56. The van der Waals surface area contributed by atoms with Crippen molar-refractivity contribution in [3.63, 3.8) is 0 Å². The van der Waals surface area contributed by atoms with Gasteiger partial charge in [-0.15, -0.1) is 0 Å². The number of urea groups is 1. The van der Waals surface area contributed by atoms with Gasteiger partial charge >= 0.3 is 12.8 Å². The van der Waals surface area contributed by atoms with Crippen molar-refractivity contribution < 1.29 is 14.3 Å². The number of nitrogens with zero attached hydrogens (tertiary/aromatic N) is 1. The Morgan fingerprint density at radius 2 is 2.00 bits per heavy atom. The normalized spacial score (nSPS) is 30.8. The average molecular weight is 253 g/mol. The molecular formula is C7H16N3O3PS. The second kappa shape index (κ2) is 4.74. The maximum absolute atomic E-state index is 11.5. The van der Waals surface area contributed by atoms with Crippen LogP contribution in [0.2, 0.25) is 0 Å². The third-order valence-electron chi connectivity index (χ3n) is 2.09. The Morgan fingerprint density at radius 1 is 1.53 bits per heavy atom.